The molecule has 0 aromatic heterocycles. The van der Waals surface area contributed by atoms with Crippen molar-refractivity contribution in [3.05, 3.63) is 29.8 Å². The van der Waals surface area contributed by atoms with Crippen LogP contribution < -0.4 is 10.0 Å². The van der Waals surface area contributed by atoms with Crippen LogP contribution in [0.15, 0.2) is 24.3 Å². The molecule has 2 amide bonds. The van der Waals surface area contributed by atoms with Crippen molar-refractivity contribution in [3.8, 4) is 0 Å². The molecule has 0 saturated heterocycles. The lowest BCUT2D eigenvalue weighted by Crippen LogP contribution is -2.33. The minimum absolute atomic E-state index is 0.214. The molecule has 0 atom stereocenters. The summed E-state index contributed by atoms with van der Waals surface area (Å²) in [7, 11) is -3.53. The molecule has 0 radical (unpaired) electrons. The van der Waals surface area contributed by atoms with Crippen molar-refractivity contribution in [2.24, 2.45) is 0 Å². The minimum Gasteiger partial charge on any atom is -0.326 e. The summed E-state index contributed by atoms with van der Waals surface area (Å²) in [5, 5.41) is 2.12. The molecule has 7 heteroatoms. The maximum Gasteiger partial charge on any atom is 0.264 e. The molecule has 2 rings (SSSR count). The van der Waals surface area contributed by atoms with Crippen LogP contribution in [0.4, 0.5) is 5.69 Å². The van der Waals surface area contributed by atoms with Crippen LogP contribution in [0.1, 0.15) is 30.1 Å². The standard InChI is InChI=1S/C12H14N2O4S/c1-8(15)13-10-4-2-9(3-5-10)12(16)14-19(17,18)11-6-7-11/h2-5,11H,6-7H2,1H3,(H,13,15)(H,14,16). The highest BCUT2D eigenvalue weighted by molar-refractivity contribution is 7.91. The number of benzene rings is 1. The molecule has 0 unspecified atom stereocenters. The average Bonchev–Trinajstić information content (AvgIpc) is 3.12. The number of hydrogen-bond acceptors (Lipinski definition) is 4. The number of hydrogen-bond donors (Lipinski definition) is 2. The van der Waals surface area contributed by atoms with Gasteiger partial charge in [0, 0.05) is 18.2 Å². The molecule has 6 nitrogen and oxygen atoms in total. The number of carbonyl (C=O) groups excluding carboxylic acids is 2. The zero-order chi connectivity index (χ0) is 14.0. The fourth-order valence-corrected chi connectivity index (χ4v) is 2.86. The van der Waals surface area contributed by atoms with Gasteiger partial charge in [-0.2, -0.15) is 0 Å². The molecule has 1 aliphatic rings. The number of rotatable bonds is 4. The number of amides is 2. The Balaban J connectivity index is 2.05. The Morgan fingerprint density at radius 3 is 2.21 bits per heavy atom. The van der Waals surface area contributed by atoms with Crippen LogP contribution in [0.25, 0.3) is 0 Å². The van der Waals surface area contributed by atoms with E-state index in [0.29, 0.717) is 18.5 Å². The van der Waals surface area contributed by atoms with E-state index in [-0.39, 0.29) is 11.5 Å². The van der Waals surface area contributed by atoms with Crippen molar-refractivity contribution in [1.29, 1.82) is 0 Å². The molecular formula is C12H14N2O4S. The van der Waals surface area contributed by atoms with Crippen molar-refractivity contribution in [2.45, 2.75) is 25.0 Å². The molecule has 2 N–H and O–H groups in total. The minimum atomic E-state index is -3.53. The van der Waals surface area contributed by atoms with E-state index in [9.17, 15) is 18.0 Å². The van der Waals surface area contributed by atoms with Crippen LogP contribution in [0.2, 0.25) is 0 Å². The monoisotopic (exact) mass is 282 g/mol. The fraction of sp³-hybridized carbons (Fsp3) is 0.333. The van der Waals surface area contributed by atoms with Crippen LogP contribution in [-0.4, -0.2) is 25.5 Å². The smallest absolute Gasteiger partial charge is 0.264 e. The zero-order valence-electron chi connectivity index (χ0n) is 10.3. The zero-order valence-corrected chi connectivity index (χ0v) is 11.2. The molecule has 0 bridgehead atoms. The first kappa shape index (κ1) is 13.5. The number of sulfonamides is 1. The topological polar surface area (TPSA) is 92.3 Å². The van der Waals surface area contributed by atoms with Crippen molar-refractivity contribution in [3.63, 3.8) is 0 Å². The third-order valence-corrected chi connectivity index (χ3v) is 4.48. The van der Waals surface area contributed by atoms with Gasteiger partial charge in [-0.15, -0.1) is 0 Å². The van der Waals surface area contributed by atoms with Gasteiger partial charge in [0.1, 0.15) is 0 Å². The second-order valence-corrected chi connectivity index (χ2v) is 6.39. The molecule has 102 valence electrons. The van der Waals surface area contributed by atoms with Gasteiger partial charge in [0.15, 0.2) is 0 Å². The van der Waals surface area contributed by atoms with E-state index < -0.39 is 21.2 Å². The van der Waals surface area contributed by atoms with E-state index in [4.69, 9.17) is 0 Å². The Morgan fingerprint density at radius 2 is 1.74 bits per heavy atom. The summed E-state index contributed by atoms with van der Waals surface area (Å²) < 4.78 is 25.2. The highest BCUT2D eigenvalue weighted by Crippen LogP contribution is 2.27. The molecule has 1 aromatic rings. The Labute approximate surface area is 111 Å². The molecule has 1 aromatic carbocycles. The van der Waals surface area contributed by atoms with Crippen molar-refractivity contribution < 1.29 is 18.0 Å². The van der Waals surface area contributed by atoms with Crippen LogP contribution in [0, 0.1) is 0 Å². The molecule has 0 aliphatic heterocycles. The van der Waals surface area contributed by atoms with Gasteiger partial charge in [-0.3, -0.25) is 9.59 Å². The summed E-state index contributed by atoms with van der Waals surface area (Å²) in [6.07, 6.45) is 1.20. The van der Waals surface area contributed by atoms with E-state index in [1.165, 1.54) is 19.1 Å². The third kappa shape index (κ3) is 3.54. The molecule has 1 fully saturated rings. The first-order valence-electron chi connectivity index (χ1n) is 5.82. The van der Waals surface area contributed by atoms with Gasteiger partial charge in [0.25, 0.3) is 5.91 Å². The first-order valence-corrected chi connectivity index (χ1v) is 7.37. The van der Waals surface area contributed by atoms with Gasteiger partial charge >= 0.3 is 0 Å². The second-order valence-electron chi connectivity index (χ2n) is 4.43. The normalized spacial score (nSPS) is 14.8. The van der Waals surface area contributed by atoms with Crippen molar-refractivity contribution in [2.75, 3.05) is 5.32 Å². The van der Waals surface area contributed by atoms with E-state index in [1.54, 1.807) is 12.1 Å². The molecule has 0 heterocycles. The lowest BCUT2D eigenvalue weighted by molar-refractivity contribution is -0.114. The average molecular weight is 282 g/mol. The van der Waals surface area contributed by atoms with Gasteiger partial charge < -0.3 is 5.32 Å². The van der Waals surface area contributed by atoms with Crippen LogP contribution >= 0.6 is 0 Å². The second kappa shape index (κ2) is 5.00. The molecule has 1 aliphatic carbocycles. The predicted molar refractivity (Wildman–Crippen MR) is 70.2 cm³/mol. The van der Waals surface area contributed by atoms with Crippen LogP contribution in [0.3, 0.4) is 0 Å². The summed E-state index contributed by atoms with van der Waals surface area (Å²) in [5.74, 6) is -0.866. The summed E-state index contributed by atoms with van der Waals surface area (Å²) in [6, 6.07) is 6.01. The Kier molecular flexibility index (Phi) is 3.57. The SMILES string of the molecule is CC(=O)Nc1ccc(C(=O)NS(=O)(=O)C2CC2)cc1. The highest BCUT2D eigenvalue weighted by atomic mass is 32.2. The van der Waals surface area contributed by atoms with Gasteiger partial charge in [0.2, 0.25) is 15.9 Å². The quantitative estimate of drug-likeness (QED) is 0.857. The largest absolute Gasteiger partial charge is 0.326 e. The van der Waals surface area contributed by atoms with Crippen molar-refractivity contribution in [1.82, 2.24) is 4.72 Å². The Morgan fingerprint density at radius 1 is 1.16 bits per heavy atom. The van der Waals surface area contributed by atoms with E-state index >= 15 is 0 Å². The van der Waals surface area contributed by atoms with Gasteiger partial charge in [-0.1, -0.05) is 0 Å². The maximum atomic E-state index is 11.7. The number of anilines is 1. The van der Waals surface area contributed by atoms with Crippen molar-refractivity contribution >= 4 is 27.5 Å². The summed E-state index contributed by atoms with van der Waals surface area (Å²) in [5.41, 5.74) is 0.785. The first-order chi connectivity index (χ1) is 8.88. The summed E-state index contributed by atoms with van der Waals surface area (Å²) >= 11 is 0. The van der Waals surface area contributed by atoms with Gasteiger partial charge in [-0.05, 0) is 37.1 Å². The third-order valence-electron chi connectivity index (χ3n) is 2.67. The maximum absolute atomic E-state index is 11.7. The summed E-state index contributed by atoms with van der Waals surface area (Å²) in [4.78, 5) is 22.6. The Bertz CT molecular complexity index is 603. The lowest BCUT2D eigenvalue weighted by atomic mass is 10.2. The fourth-order valence-electron chi connectivity index (χ4n) is 1.56. The van der Waals surface area contributed by atoms with Gasteiger partial charge in [0.05, 0.1) is 5.25 Å². The number of nitrogens with one attached hydrogen (secondary N) is 2. The lowest BCUT2D eigenvalue weighted by Gasteiger charge is -2.06. The molecule has 0 spiro atoms. The molecular weight excluding hydrogens is 268 g/mol. The summed E-state index contributed by atoms with van der Waals surface area (Å²) in [6.45, 7) is 1.38. The predicted octanol–water partition coefficient (Wildman–Crippen LogP) is 0.867. The van der Waals surface area contributed by atoms with E-state index in [1.807, 2.05) is 4.72 Å². The van der Waals surface area contributed by atoms with E-state index in [0.717, 1.165) is 0 Å². The van der Waals surface area contributed by atoms with Gasteiger partial charge in [-0.25, -0.2) is 13.1 Å². The Hall–Kier alpha value is -1.89. The van der Waals surface area contributed by atoms with E-state index in [2.05, 4.69) is 5.32 Å². The highest BCUT2D eigenvalue weighted by Gasteiger charge is 2.36. The number of carbonyl (C=O) groups is 2. The van der Waals surface area contributed by atoms with Crippen LogP contribution in [-0.2, 0) is 14.8 Å². The molecule has 19 heavy (non-hydrogen) atoms. The van der Waals surface area contributed by atoms with Crippen LogP contribution in [0.5, 0.6) is 0 Å². The molecule has 1 saturated carbocycles.